The maximum absolute atomic E-state index is 12.7. The lowest BCUT2D eigenvalue weighted by molar-refractivity contribution is 0.0986. The van der Waals surface area contributed by atoms with Crippen LogP contribution in [0.25, 0.3) is 0 Å². The molecule has 0 aromatic heterocycles. The highest BCUT2D eigenvalue weighted by molar-refractivity contribution is 6.06. The van der Waals surface area contributed by atoms with Crippen molar-refractivity contribution < 1.29 is 4.79 Å². The van der Waals surface area contributed by atoms with E-state index in [1.807, 2.05) is 66.4 Å². The summed E-state index contributed by atoms with van der Waals surface area (Å²) >= 11 is 0. The molecule has 0 saturated heterocycles. The van der Waals surface area contributed by atoms with Crippen LogP contribution in [0.3, 0.4) is 0 Å². The maximum Gasteiger partial charge on any atom is 0.258 e. The number of nitrogens with two attached hydrogens (primary N) is 1. The van der Waals surface area contributed by atoms with Crippen molar-refractivity contribution in [2.45, 2.75) is 13.3 Å². The predicted octanol–water partition coefficient (Wildman–Crippen LogP) is 2.99. The lowest BCUT2D eigenvalue weighted by Crippen LogP contribution is -2.33. The number of anilines is 1. The molecule has 0 atom stereocenters. The van der Waals surface area contributed by atoms with E-state index in [1.54, 1.807) is 0 Å². The van der Waals surface area contributed by atoms with E-state index in [0.29, 0.717) is 18.7 Å². The van der Waals surface area contributed by atoms with Crippen molar-refractivity contribution in [1.29, 1.82) is 0 Å². The van der Waals surface area contributed by atoms with Crippen molar-refractivity contribution in [2.24, 2.45) is 5.73 Å². The summed E-state index contributed by atoms with van der Waals surface area (Å²) in [6.07, 6.45) is 0.785. The Bertz CT molecular complexity index is 566. The summed E-state index contributed by atoms with van der Waals surface area (Å²) in [5.74, 6) is 0.0216. The number of carbonyl (C=O) groups excluding carboxylic acids is 1. The molecule has 0 radical (unpaired) electrons. The molecule has 3 nitrogen and oxygen atoms in total. The molecular weight excluding hydrogens is 248 g/mol. The molecule has 0 bridgehead atoms. The van der Waals surface area contributed by atoms with Crippen LogP contribution in [-0.4, -0.2) is 19.0 Å². The third-order valence-electron chi connectivity index (χ3n) is 3.26. The zero-order valence-corrected chi connectivity index (χ0v) is 11.8. The number of carbonyl (C=O) groups is 1. The second kappa shape index (κ2) is 6.87. The van der Waals surface area contributed by atoms with Crippen molar-refractivity contribution in [3.05, 3.63) is 65.7 Å². The smallest absolute Gasteiger partial charge is 0.258 e. The Morgan fingerprint density at radius 1 is 1.05 bits per heavy atom. The quantitative estimate of drug-likeness (QED) is 0.906. The molecule has 104 valence electrons. The van der Waals surface area contributed by atoms with Crippen LogP contribution in [0, 0.1) is 6.92 Å². The second-order valence-electron chi connectivity index (χ2n) is 4.75. The standard InChI is InChI=1S/C17H20N2O/c1-14-8-5-6-11-16(14)19(13-7-12-18)17(20)15-9-3-2-4-10-15/h2-6,8-11H,7,12-13,18H2,1H3. The Morgan fingerprint density at radius 3 is 2.35 bits per heavy atom. The molecule has 3 heteroatoms. The summed E-state index contributed by atoms with van der Waals surface area (Å²) in [6, 6.07) is 17.3. The normalized spacial score (nSPS) is 10.3. The molecule has 0 aliphatic rings. The van der Waals surface area contributed by atoms with Gasteiger partial charge in [-0.25, -0.2) is 0 Å². The first kappa shape index (κ1) is 14.3. The van der Waals surface area contributed by atoms with Gasteiger partial charge < -0.3 is 10.6 Å². The van der Waals surface area contributed by atoms with Crippen LogP contribution in [0.15, 0.2) is 54.6 Å². The number of aryl methyl sites for hydroxylation is 1. The Balaban J connectivity index is 2.33. The largest absolute Gasteiger partial charge is 0.330 e. The van der Waals surface area contributed by atoms with Crippen LogP contribution >= 0.6 is 0 Å². The van der Waals surface area contributed by atoms with Crippen LogP contribution in [0.1, 0.15) is 22.3 Å². The van der Waals surface area contributed by atoms with Gasteiger partial charge in [-0.15, -0.1) is 0 Å². The number of nitrogens with zero attached hydrogens (tertiary/aromatic N) is 1. The molecule has 0 aliphatic carbocycles. The van der Waals surface area contributed by atoms with Gasteiger partial charge in [-0.2, -0.15) is 0 Å². The van der Waals surface area contributed by atoms with Gasteiger partial charge >= 0.3 is 0 Å². The van der Waals surface area contributed by atoms with Crippen LogP contribution in [0.5, 0.6) is 0 Å². The zero-order valence-electron chi connectivity index (χ0n) is 11.8. The molecule has 0 fully saturated rings. The molecule has 0 spiro atoms. The van der Waals surface area contributed by atoms with Gasteiger partial charge in [0.15, 0.2) is 0 Å². The molecule has 2 aromatic carbocycles. The average molecular weight is 268 g/mol. The highest BCUT2D eigenvalue weighted by atomic mass is 16.2. The minimum absolute atomic E-state index is 0.0216. The van der Waals surface area contributed by atoms with E-state index in [0.717, 1.165) is 17.7 Å². The summed E-state index contributed by atoms with van der Waals surface area (Å²) in [5, 5.41) is 0. The highest BCUT2D eigenvalue weighted by Gasteiger charge is 2.18. The summed E-state index contributed by atoms with van der Waals surface area (Å²) in [6.45, 7) is 3.22. The van der Waals surface area contributed by atoms with Gasteiger partial charge in [0, 0.05) is 17.8 Å². The number of rotatable bonds is 5. The maximum atomic E-state index is 12.7. The topological polar surface area (TPSA) is 46.3 Å². The van der Waals surface area contributed by atoms with Gasteiger partial charge in [0.25, 0.3) is 5.91 Å². The molecular formula is C17H20N2O. The fraction of sp³-hybridized carbons (Fsp3) is 0.235. The second-order valence-corrected chi connectivity index (χ2v) is 4.75. The van der Waals surface area contributed by atoms with E-state index in [2.05, 4.69) is 0 Å². The Kier molecular flexibility index (Phi) is 4.91. The summed E-state index contributed by atoms with van der Waals surface area (Å²) in [4.78, 5) is 14.5. The third kappa shape index (κ3) is 3.25. The Morgan fingerprint density at radius 2 is 1.70 bits per heavy atom. The SMILES string of the molecule is Cc1ccccc1N(CCCN)C(=O)c1ccccc1. The van der Waals surface area contributed by atoms with Gasteiger partial charge in [-0.3, -0.25) is 4.79 Å². The molecule has 0 saturated carbocycles. The van der Waals surface area contributed by atoms with Crippen LogP contribution in [0.2, 0.25) is 0 Å². The summed E-state index contributed by atoms with van der Waals surface area (Å²) in [7, 11) is 0. The third-order valence-corrected chi connectivity index (χ3v) is 3.26. The Labute approximate surface area is 120 Å². The highest BCUT2D eigenvalue weighted by Crippen LogP contribution is 2.21. The van der Waals surface area contributed by atoms with Crippen molar-refractivity contribution in [1.82, 2.24) is 0 Å². The predicted molar refractivity (Wildman–Crippen MR) is 83.0 cm³/mol. The number of benzene rings is 2. The first-order valence-electron chi connectivity index (χ1n) is 6.86. The lowest BCUT2D eigenvalue weighted by atomic mass is 10.1. The molecule has 0 unspecified atom stereocenters. The molecule has 20 heavy (non-hydrogen) atoms. The molecule has 0 aliphatic heterocycles. The number of amides is 1. The Hall–Kier alpha value is -2.13. The van der Waals surface area contributed by atoms with Crippen molar-refractivity contribution >= 4 is 11.6 Å². The van der Waals surface area contributed by atoms with Crippen molar-refractivity contribution in [2.75, 3.05) is 18.0 Å². The van der Waals surface area contributed by atoms with Gasteiger partial charge in [-0.1, -0.05) is 36.4 Å². The number of hydrogen-bond acceptors (Lipinski definition) is 2. The zero-order chi connectivity index (χ0) is 14.4. The monoisotopic (exact) mass is 268 g/mol. The van der Waals surface area contributed by atoms with Crippen LogP contribution in [0.4, 0.5) is 5.69 Å². The first-order valence-corrected chi connectivity index (χ1v) is 6.86. The van der Waals surface area contributed by atoms with E-state index in [9.17, 15) is 4.79 Å². The first-order chi connectivity index (χ1) is 9.74. The fourth-order valence-corrected chi connectivity index (χ4v) is 2.18. The molecule has 2 N–H and O–H groups in total. The van der Waals surface area contributed by atoms with Gasteiger partial charge in [0.2, 0.25) is 0 Å². The van der Waals surface area contributed by atoms with E-state index in [1.165, 1.54) is 0 Å². The number of para-hydroxylation sites is 1. The van der Waals surface area contributed by atoms with E-state index in [4.69, 9.17) is 5.73 Å². The van der Waals surface area contributed by atoms with Gasteiger partial charge in [0.05, 0.1) is 0 Å². The average Bonchev–Trinajstić information content (AvgIpc) is 2.50. The van der Waals surface area contributed by atoms with E-state index >= 15 is 0 Å². The lowest BCUT2D eigenvalue weighted by Gasteiger charge is -2.24. The molecule has 0 heterocycles. The fourth-order valence-electron chi connectivity index (χ4n) is 2.18. The van der Waals surface area contributed by atoms with Crippen LogP contribution < -0.4 is 10.6 Å². The summed E-state index contributed by atoms with van der Waals surface area (Å²) in [5.41, 5.74) is 8.34. The minimum Gasteiger partial charge on any atom is -0.330 e. The van der Waals surface area contributed by atoms with Gasteiger partial charge in [0.1, 0.15) is 0 Å². The minimum atomic E-state index is 0.0216. The molecule has 1 amide bonds. The summed E-state index contributed by atoms with van der Waals surface area (Å²) < 4.78 is 0. The van der Waals surface area contributed by atoms with Crippen molar-refractivity contribution in [3.63, 3.8) is 0 Å². The molecule has 2 rings (SSSR count). The van der Waals surface area contributed by atoms with Crippen LogP contribution in [-0.2, 0) is 0 Å². The van der Waals surface area contributed by atoms with Gasteiger partial charge in [-0.05, 0) is 43.7 Å². The van der Waals surface area contributed by atoms with E-state index in [-0.39, 0.29) is 5.91 Å². The van der Waals surface area contributed by atoms with Crippen molar-refractivity contribution in [3.8, 4) is 0 Å². The number of hydrogen-bond donors (Lipinski definition) is 1. The van der Waals surface area contributed by atoms with E-state index < -0.39 is 0 Å². The molecule has 2 aromatic rings.